The van der Waals surface area contributed by atoms with E-state index in [0.29, 0.717) is 0 Å². The highest BCUT2D eigenvalue weighted by Gasteiger charge is 2.49. The Hall–Kier alpha value is 0.180. The lowest BCUT2D eigenvalue weighted by Crippen LogP contribution is -2.48. The van der Waals surface area contributed by atoms with Gasteiger partial charge in [-0.05, 0) is 90.5 Å². The highest BCUT2D eigenvalue weighted by molar-refractivity contribution is 9.09. The molecule has 0 spiro atoms. The van der Waals surface area contributed by atoms with Crippen molar-refractivity contribution in [1.29, 1.82) is 0 Å². The fourth-order valence-electron chi connectivity index (χ4n) is 5.33. The van der Waals surface area contributed by atoms with Crippen LogP contribution in [0.25, 0.3) is 0 Å². The summed E-state index contributed by atoms with van der Waals surface area (Å²) in [6, 6.07) is 2.30. The lowest BCUT2D eigenvalue weighted by Gasteiger charge is -2.55. The van der Waals surface area contributed by atoms with E-state index in [4.69, 9.17) is 0 Å². The molecule has 1 unspecified atom stereocenters. The molecule has 1 aromatic heterocycles. The van der Waals surface area contributed by atoms with Crippen molar-refractivity contribution < 1.29 is 0 Å². The van der Waals surface area contributed by atoms with Crippen molar-refractivity contribution in [2.24, 2.45) is 29.6 Å². The number of rotatable bonds is 3. The van der Waals surface area contributed by atoms with E-state index in [1.54, 1.807) is 32.1 Å². The van der Waals surface area contributed by atoms with Crippen molar-refractivity contribution in [3.8, 4) is 0 Å². The first-order chi connectivity index (χ1) is 8.79. The van der Waals surface area contributed by atoms with Crippen LogP contribution in [-0.2, 0) is 6.42 Å². The number of thiophene rings is 1. The zero-order valence-corrected chi connectivity index (χ0v) is 13.1. The molecule has 4 saturated carbocycles. The standard InChI is InChI=1S/C16H21BrS/c17-15(8-10-1-2-18-9-10)16-13-4-11-3-12(6-13)7-14(16)5-11/h1-2,9,11-16H,3-8H2. The summed E-state index contributed by atoms with van der Waals surface area (Å²) in [7, 11) is 0. The molecule has 1 heterocycles. The second-order valence-electron chi connectivity index (χ2n) is 6.86. The van der Waals surface area contributed by atoms with Gasteiger partial charge in [-0.15, -0.1) is 0 Å². The quantitative estimate of drug-likeness (QED) is 0.676. The highest BCUT2D eigenvalue weighted by atomic mass is 79.9. The molecule has 4 fully saturated rings. The van der Waals surface area contributed by atoms with Crippen LogP contribution in [0.4, 0.5) is 0 Å². The minimum absolute atomic E-state index is 0.724. The van der Waals surface area contributed by atoms with E-state index >= 15 is 0 Å². The molecule has 98 valence electrons. The largest absolute Gasteiger partial charge is 0.152 e. The van der Waals surface area contributed by atoms with Crippen molar-refractivity contribution in [3.05, 3.63) is 22.4 Å². The van der Waals surface area contributed by atoms with Crippen molar-refractivity contribution >= 4 is 27.3 Å². The molecule has 0 aliphatic heterocycles. The smallest absolute Gasteiger partial charge is 0.0220 e. The van der Waals surface area contributed by atoms with Crippen molar-refractivity contribution in [2.75, 3.05) is 0 Å². The van der Waals surface area contributed by atoms with Gasteiger partial charge in [0.15, 0.2) is 0 Å². The van der Waals surface area contributed by atoms with Crippen LogP contribution in [0.5, 0.6) is 0 Å². The third-order valence-electron chi connectivity index (χ3n) is 5.73. The second-order valence-corrected chi connectivity index (χ2v) is 8.82. The van der Waals surface area contributed by atoms with Gasteiger partial charge in [0.1, 0.15) is 0 Å². The van der Waals surface area contributed by atoms with Gasteiger partial charge in [-0.1, -0.05) is 15.9 Å². The number of alkyl halides is 1. The van der Waals surface area contributed by atoms with Gasteiger partial charge >= 0.3 is 0 Å². The van der Waals surface area contributed by atoms with E-state index in [0.717, 1.165) is 34.4 Å². The Balaban J connectivity index is 1.50. The molecule has 5 rings (SSSR count). The number of halogens is 1. The summed E-state index contributed by atoms with van der Waals surface area (Å²) in [5.74, 6) is 5.26. The predicted octanol–water partition coefficient (Wildman–Crippen LogP) is 5.13. The minimum atomic E-state index is 0.724. The Morgan fingerprint density at radius 2 is 1.78 bits per heavy atom. The number of hydrogen-bond donors (Lipinski definition) is 0. The average Bonchev–Trinajstić information content (AvgIpc) is 2.80. The molecule has 1 aromatic rings. The van der Waals surface area contributed by atoms with E-state index in [1.807, 2.05) is 11.3 Å². The predicted molar refractivity (Wildman–Crippen MR) is 81.3 cm³/mol. The summed E-state index contributed by atoms with van der Waals surface area (Å²) in [5, 5.41) is 4.54. The average molecular weight is 325 g/mol. The van der Waals surface area contributed by atoms with Gasteiger partial charge in [0.05, 0.1) is 0 Å². The summed E-state index contributed by atoms with van der Waals surface area (Å²) in [4.78, 5) is 0.724. The normalized spacial score (nSPS) is 43.3. The zero-order chi connectivity index (χ0) is 12.1. The molecular weight excluding hydrogens is 304 g/mol. The maximum Gasteiger partial charge on any atom is 0.0220 e. The van der Waals surface area contributed by atoms with Crippen LogP contribution in [0.1, 0.15) is 37.7 Å². The van der Waals surface area contributed by atoms with Gasteiger partial charge in [-0.25, -0.2) is 0 Å². The molecule has 0 aromatic carbocycles. The molecule has 4 aliphatic rings. The van der Waals surface area contributed by atoms with Crippen LogP contribution >= 0.6 is 27.3 Å². The Morgan fingerprint density at radius 3 is 2.33 bits per heavy atom. The topological polar surface area (TPSA) is 0 Å². The van der Waals surface area contributed by atoms with Crippen molar-refractivity contribution in [1.82, 2.24) is 0 Å². The minimum Gasteiger partial charge on any atom is -0.152 e. The molecule has 4 aliphatic carbocycles. The number of hydrogen-bond acceptors (Lipinski definition) is 1. The maximum absolute atomic E-state index is 4.06. The van der Waals surface area contributed by atoms with Gasteiger partial charge in [0.25, 0.3) is 0 Å². The highest BCUT2D eigenvalue weighted by Crippen LogP contribution is 2.58. The molecule has 4 bridgehead atoms. The first-order valence-corrected chi connectivity index (χ1v) is 9.30. The summed E-state index contributed by atoms with van der Waals surface area (Å²) >= 11 is 5.89. The van der Waals surface area contributed by atoms with E-state index in [2.05, 4.69) is 32.8 Å². The van der Waals surface area contributed by atoms with E-state index in [9.17, 15) is 0 Å². The molecule has 0 saturated heterocycles. The van der Waals surface area contributed by atoms with Crippen LogP contribution in [0.3, 0.4) is 0 Å². The zero-order valence-electron chi connectivity index (χ0n) is 10.7. The third kappa shape index (κ3) is 2.00. The van der Waals surface area contributed by atoms with Gasteiger partial charge in [0.2, 0.25) is 0 Å². The Labute approximate surface area is 122 Å². The fourth-order valence-corrected chi connectivity index (χ4v) is 7.25. The fraction of sp³-hybridized carbons (Fsp3) is 0.750. The summed E-state index contributed by atoms with van der Waals surface area (Å²) < 4.78 is 0. The Kier molecular flexibility index (Phi) is 3.07. The van der Waals surface area contributed by atoms with E-state index in [1.165, 1.54) is 12.0 Å². The third-order valence-corrected chi connectivity index (χ3v) is 7.39. The van der Waals surface area contributed by atoms with E-state index < -0.39 is 0 Å². The van der Waals surface area contributed by atoms with Crippen LogP contribution in [0.2, 0.25) is 0 Å². The first-order valence-electron chi connectivity index (χ1n) is 7.44. The van der Waals surface area contributed by atoms with E-state index in [-0.39, 0.29) is 0 Å². The Bertz CT molecular complexity index is 383. The lowest BCUT2D eigenvalue weighted by molar-refractivity contribution is -0.0360. The first kappa shape index (κ1) is 12.0. The van der Waals surface area contributed by atoms with Gasteiger partial charge < -0.3 is 0 Å². The summed E-state index contributed by atoms with van der Waals surface area (Å²) in [6.45, 7) is 0. The molecule has 1 atom stereocenters. The monoisotopic (exact) mass is 324 g/mol. The molecule has 0 amide bonds. The van der Waals surface area contributed by atoms with Gasteiger partial charge in [-0.2, -0.15) is 11.3 Å². The van der Waals surface area contributed by atoms with Crippen LogP contribution in [0.15, 0.2) is 16.8 Å². The molecule has 2 heteroatoms. The molecule has 0 N–H and O–H groups in total. The second kappa shape index (κ2) is 4.63. The molecule has 18 heavy (non-hydrogen) atoms. The van der Waals surface area contributed by atoms with Gasteiger partial charge in [0, 0.05) is 4.83 Å². The summed E-state index contributed by atoms with van der Waals surface area (Å²) in [5.41, 5.74) is 1.54. The lowest BCUT2D eigenvalue weighted by atomic mass is 9.51. The SMILES string of the molecule is BrC(Cc1ccsc1)C1C2CC3CC(C2)CC1C3. The van der Waals surface area contributed by atoms with Crippen molar-refractivity contribution in [3.63, 3.8) is 0 Å². The molecule has 0 radical (unpaired) electrons. The Morgan fingerprint density at radius 1 is 1.11 bits per heavy atom. The molecular formula is C16H21BrS. The maximum atomic E-state index is 4.06. The molecule has 0 nitrogen and oxygen atoms in total. The summed E-state index contributed by atoms with van der Waals surface area (Å²) in [6.07, 6.45) is 8.99. The van der Waals surface area contributed by atoms with Crippen molar-refractivity contribution in [2.45, 2.75) is 43.4 Å². The van der Waals surface area contributed by atoms with Gasteiger partial charge in [-0.3, -0.25) is 0 Å². The van der Waals surface area contributed by atoms with Crippen LogP contribution in [0, 0.1) is 29.6 Å². The van der Waals surface area contributed by atoms with Crippen LogP contribution < -0.4 is 0 Å². The van der Waals surface area contributed by atoms with Crippen LogP contribution in [-0.4, -0.2) is 4.83 Å².